The molecule has 20 heavy (non-hydrogen) atoms. The lowest BCUT2D eigenvalue weighted by atomic mass is 10.1. The van der Waals surface area contributed by atoms with Gasteiger partial charge in [0.2, 0.25) is 5.89 Å². The third-order valence-electron chi connectivity index (χ3n) is 2.71. The van der Waals surface area contributed by atoms with Crippen molar-refractivity contribution in [3.05, 3.63) is 35.5 Å². The van der Waals surface area contributed by atoms with Crippen LogP contribution in [0.15, 0.2) is 22.7 Å². The molecule has 7 nitrogen and oxygen atoms in total. The van der Waals surface area contributed by atoms with E-state index in [1.54, 1.807) is 25.1 Å². The summed E-state index contributed by atoms with van der Waals surface area (Å²) in [4.78, 5) is 15.6. The Balaban J connectivity index is 1.99. The highest BCUT2D eigenvalue weighted by atomic mass is 16.5. The number of nitrogens with one attached hydrogen (secondary N) is 1. The fraction of sp³-hybridized carbons (Fsp3) is 0.308. The molecule has 0 bridgehead atoms. The van der Waals surface area contributed by atoms with E-state index in [1.807, 2.05) is 0 Å². The monoisotopic (exact) mass is 276 g/mol. The predicted molar refractivity (Wildman–Crippen MR) is 73.4 cm³/mol. The van der Waals surface area contributed by atoms with Crippen LogP contribution in [0.4, 0.5) is 11.4 Å². The summed E-state index contributed by atoms with van der Waals surface area (Å²) in [6.07, 6.45) is 0.596. The standard InChI is InChI=1S/C13H16N4O3/c1-8-16-12(17-20-8)5-6-15-11-7-9(13(18)19-2)3-4-10(11)14/h3-4,7,15H,5-6,14H2,1-2H3. The Labute approximate surface area is 116 Å². The minimum atomic E-state index is -0.401. The maximum atomic E-state index is 11.5. The van der Waals surface area contributed by atoms with Crippen molar-refractivity contribution in [1.82, 2.24) is 10.1 Å². The number of aromatic nitrogens is 2. The highest BCUT2D eigenvalue weighted by Gasteiger charge is 2.08. The Morgan fingerprint density at radius 1 is 1.50 bits per heavy atom. The third-order valence-corrected chi connectivity index (χ3v) is 2.71. The van der Waals surface area contributed by atoms with Crippen molar-refractivity contribution >= 4 is 17.3 Å². The molecule has 2 rings (SSSR count). The average molecular weight is 276 g/mol. The Hall–Kier alpha value is -2.57. The fourth-order valence-electron chi connectivity index (χ4n) is 1.71. The molecule has 0 saturated carbocycles. The van der Waals surface area contributed by atoms with Crippen LogP contribution < -0.4 is 11.1 Å². The van der Waals surface area contributed by atoms with Crippen molar-refractivity contribution in [3.63, 3.8) is 0 Å². The zero-order valence-corrected chi connectivity index (χ0v) is 11.3. The lowest BCUT2D eigenvalue weighted by Gasteiger charge is -2.09. The van der Waals surface area contributed by atoms with Crippen molar-refractivity contribution in [1.29, 1.82) is 0 Å². The first-order valence-electron chi connectivity index (χ1n) is 6.11. The molecule has 0 fully saturated rings. The lowest BCUT2D eigenvalue weighted by Crippen LogP contribution is -2.09. The molecule has 0 aliphatic carbocycles. The number of hydrogen-bond acceptors (Lipinski definition) is 7. The number of benzene rings is 1. The first kappa shape index (κ1) is 13.9. The molecule has 0 saturated heterocycles. The second kappa shape index (κ2) is 6.05. The van der Waals surface area contributed by atoms with Gasteiger partial charge in [-0.3, -0.25) is 0 Å². The van der Waals surface area contributed by atoms with Crippen molar-refractivity contribution in [2.75, 3.05) is 24.7 Å². The highest BCUT2D eigenvalue weighted by molar-refractivity contribution is 5.91. The molecule has 106 valence electrons. The van der Waals surface area contributed by atoms with Crippen LogP contribution in [-0.4, -0.2) is 29.8 Å². The maximum absolute atomic E-state index is 11.5. The van der Waals surface area contributed by atoms with Crippen LogP contribution >= 0.6 is 0 Å². The van der Waals surface area contributed by atoms with Gasteiger partial charge in [-0.05, 0) is 18.2 Å². The van der Waals surface area contributed by atoms with Crippen LogP contribution in [0.1, 0.15) is 22.1 Å². The fourth-order valence-corrected chi connectivity index (χ4v) is 1.71. The summed E-state index contributed by atoms with van der Waals surface area (Å²) in [5.74, 6) is 0.756. The van der Waals surface area contributed by atoms with Crippen LogP contribution in [0.5, 0.6) is 0 Å². The van der Waals surface area contributed by atoms with E-state index in [-0.39, 0.29) is 0 Å². The number of hydrogen-bond donors (Lipinski definition) is 2. The van der Waals surface area contributed by atoms with Crippen molar-refractivity contribution in [2.24, 2.45) is 0 Å². The number of nitrogen functional groups attached to an aromatic ring is 1. The Kier molecular flexibility index (Phi) is 4.19. The number of anilines is 2. The molecular formula is C13H16N4O3. The molecule has 0 aliphatic rings. The van der Waals surface area contributed by atoms with Gasteiger partial charge in [-0.1, -0.05) is 5.16 Å². The average Bonchev–Trinajstić information content (AvgIpc) is 2.85. The molecule has 0 unspecified atom stereocenters. The quantitative estimate of drug-likeness (QED) is 0.628. The number of aryl methyl sites for hydroxylation is 1. The number of nitrogens with two attached hydrogens (primary N) is 1. The molecule has 1 aromatic carbocycles. The van der Waals surface area contributed by atoms with Gasteiger partial charge in [-0.25, -0.2) is 4.79 Å². The minimum absolute atomic E-state index is 0.401. The summed E-state index contributed by atoms with van der Waals surface area (Å²) < 4.78 is 9.55. The first-order chi connectivity index (χ1) is 9.60. The lowest BCUT2D eigenvalue weighted by molar-refractivity contribution is 0.0601. The summed E-state index contributed by atoms with van der Waals surface area (Å²) in [5, 5.41) is 6.93. The van der Waals surface area contributed by atoms with E-state index >= 15 is 0 Å². The van der Waals surface area contributed by atoms with Gasteiger partial charge >= 0.3 is 5.97 Å². The number of carbonyl (C=O) groups is 1. The second-order valence-electron chi connectivity index (χ2n) is 4.20. The van der Waals surface area contributed by atoms with E-state index in [0.717, 1.165) is 0 Å². The maximum Gasteiger partial charge on any atom is 0.337 e. The van der Waals surface area contributed by atoms with Crippen molar-refractivity contribution < 1.29 is 14.1 Å². The van der Waals surface area contributed by atoms with Gasteiger partial charge in [-0.15, -0.1) is 0 Å². The zero-order valence-electron chi connectivity index (χ0n) is 11.3. The van der Waals surface area contributed by atoms with E-state index < -0.39 is 5.97 Å². The number of carbonyl (C=O) groups excluding carboxylic acids is 1. The van der Waals surface area contributed by atoms with Gasteiger partial charge in [0.15, 0.2) is 5.82 Å². The number of nitrogens with zero attached hydrogens (tertiary/aromatic N) is 2. The number of methoxy groups -OCH3 is 1. The molecule has 0 spiro atoms. The van der Waals surface area contributed by atoms with Gasteiger partial charge in [0, 0.05) is 19.9 Å². The molecule has 7 heteroatoms. The summed E-state index contributed by atoms with van der Waals surface area (Å²) >= 11 is 0. The molecular weight excluding hydrogens is 260 g/mol. The van der Waals surface area contributed by atoms with Gasteiger partial charge < -0.3 is 20.3 Å². The van der Waals surface area contributed by atoms with Crippen LogP contribution in [-0.2, 0) is 11.2 Å². The molecule has 0 aliphatic heterocycles. The third kappa shape index (κ3) is 3.25. The van der Waals surface area contributed by atoms with E-state index in [0.29, 0.717) is 41.6 Å². The molecule has 1 heterocycles. The topological polar surface area (TPSA) is 103 Å². The molecule has 3 N–H and O–H groups in total. The van der Waals surface area contributed by atoms with E-state index in [1.165, 1.54) is 7.11 Å². The number of esters is 1. The largest absolute Gasteiger partial charge is 0.465 e. The van der Waals surface area contributed by atoms with Gasteiger partial charge in [0.05, 0.1) is 24.0 Å². The summed E-state index contributed by atoms with van der Waals surface area (Å²) in [5.41, 5.74) is 7.53. The smallest absolute Gasteiger partial charge is 0.337 e. The summed E-state index contributed by atoms with van der Waals surface area (Å²) in [6, 6.07) is 4.94. The molecule has 0 radical (unpaired) electrons. The second-order valence-corrected chi connectivity index (χ2v) is 4.20. The van der Waals surface area contributed by atoms with Crippen molar-refractivity contribution in [3.8, 4) is 0 Å². The predicted octanol–water partition coefficient (Wildman–Crippen LogP) is 1.40. The van der Waals surface area contributed by atoms with E-state index in [2.05, 4.69) is 20.2 Å². The normalized spacial score (nSPS) is 10.3. The van der Waals surface area contributed by atoms with Crippen LogP contribution in [0.25, 0.3) is 0 Å². The highest BCUT2D eigenvalue weighted by Crippen LogP contribution is 2.20. The van der Waals surface area contributed by atoms with Crippen molar-refractivity contribution in [2.45, 2.75) is 13.3 Å². The Morgan fingerprint density at radius 3 is 2.95 bits per heavy atom. The Morgan fingerprint density at radius 2 is 2.30 bits per heavy atom. The summed E-state index contributed by atoms with van der Waals surface area (Å²) in [6.45, 7) is 2.32. The van der Waals surface area contributed by atoms with Crippen LogP contribution in [0, 0.1) is 6.92 Å². The van der Waals surface area contributed by atoms with Crippen LogP contribution in [0.3, 0.4) is 0 Å². The van der Waals surface area contributed by atoms with E-state index in [4.69, 9.17) is 10.3 Å². The number of rotatable bonds is 5. The van der Waals surface area contributed by atoms with E-state index in [9.17, 15) is 4.79 Å². The summed E-state index contributed by atoms with van der Waals surface area (Å²) in [7, 11) is 1.34. The van der Waals surface area contributed by atoms with Gasteiger partial charge in [-0.2, -0.15) is 4.98 Å². The first-order valence-corrected chi connectivity index (χ1v) is 6.11. The molecule has 0 atom stereocenters. The van der Waals surface area contributed by atoms with Gasteiger partial charge in [0.25, 0.3) is 0 Å². The zero-order chi connectivity index (χ0) is 14.5. The Bertz CT molecular complexity index is 609. The van der Waals surface area contributed by atoms with Gasteiger partial charge in [0.1, 0.15) is 0 Å². The molecule has 1 aromatic heterocycles. The molecule has 0 amide bonds. The minimum Gasteiger partial charge on any atom is -0.465 e. The van der Waals surface area contributed by atoms with Crippen LogP contribution in [0.2, 0.25) is 0 Å². The SMILES string of the molecule is COC(=O)c1ccc(N)c(NCCc2noc(C)n2)c1. The number of ether oxygens (including phenoxy) is 1. The molecule has 2 aromatic rings.